The Balaban J connectivity index is 1.68. The standard InChI is InChI=1S/C17H25BO4/c1-15(2)14(11-19-15)20-13-9-7-12(8-10-13)18-21-16(3,4)17(5,6)22-18/h7-10,14H,11H2,1-6H3. The van der Waals surface area contributed by atoms with Gasteiger partial charge in [0, 0.05) is 0 Å². The lowest BCUT2D eigenvalue weighted by atomic mass is 9.79. The minimum absolute atomic E-state index is 0.107. The molecule has 0 N–H and O–H groups in total. The Morgan fingerprint density at radius 2 is 1.50 bits per heavy atom. The molecule has 4 nitrogen and oxygen atoms in total. The van der Waals surface area contributed by atoms with Crippen LogP contribution in [0.5, 0.6) is 5.75 Å². The predicted molar refractivity (Wildman–Crippen MR) is 86.6 cm³/mol. The van der Waals surface area contributed by atoms with Crippen molar-refractivity contribution in [1.82, 2.24) is 0 Å². The molecular formula is C17H25BO4. The number of ether oxygens (including phenoxy) is 2. The zero-order chi connectivity index (χ0) is 16.2. The van der Waals surface area contributed by atoms with Crippen molar-refractivity contribution in [3.05, 3.63) is 24.3 Å². The predicted octanol–water partition coefficient (Wildman–Crippen LogP) is 2.54. The third kappa shape index (κ3) is 2.66. The summed E-state index contributed by atoms with van der Waals surface area (Å²) in [6.07, 6.45) is 0.107. The van der Waals surface area contributed by atoms with E-state index in [9.17, 15) is 0 Å². The minimum Gasteiger partial charge on any atom is -0.485 e. The Hall–Kier alpha value is -1.04. The Morgan fingerprint density at radius 3 is 1.91 bits per heavy atom. The van der Waals surface area contributed by atoms with Gasteiger partial charge in [0.15, 0.2) is 6.10 Å². The second kappa shape index (κ2) is 4.98. The second-order valence-electron chi connectivity index (χ2n) is 7.68. The normalized spacial score (nSPS) is 28.3. The summed E-state index contributed by atoms with van der Waals surface area (Å²) in [7, 11) is -0.331. The third-order valence-corrected chi connectivity index (χ3v) is 5.07. The molecule has 5 heteroatoms. The van der Waals surface area contributed by atoms with Crippen LogP contribution in [0.25, 0.3) is 0 Å². The van der Waals surface area contributed by atoms with Crippen molar-refractivity contribution in [3.63, 3.8) is 0 Å². The summed E-state index contributed by atoms with van der Waals surface area (Å²) in [6, 6.07) is 7.94. The van der Waals surface area contributed by atoms with E-state index in [2.05, 4.69) is 27.7 Å². The molecule has 2 saturated heterocycles. The van der Waals surface area contributed by atoms with Crippen molar-refractivity contribution in [2.45, 2.75) is 64.4 Å². The highest BCUT2D eigenvalue weighted by molar-refractivity contribution is 6.62. The van der Waals surface area contributed by atoms with Gasteiger partial charge in [-0.15, -0.1) is 0 Å². The lowest BCUT2D eigenvalue weighted by molar-refractivity contribution is -0.207. The average molecular weight is 304 g/mol. The van der Waals surface area contributed by atoms with E-state index in [-0.39, 0.29) is 30.0 Å². The first-order valence-electron chi connectivity index (χ1n) is 7.87. The van der Waals surface area contributed by atoms with Gasteiger partial charge in [-0.05, 0) is 59.1 Å². The summed E-state index contributed by atoms with van der Waals surface area (Å²) in [6.45, 7) is 13.0. The molecule has 0 saturated carbocycles. The van der Waals surface area contributed by atoms with Gasteiger partial charge in [0.05, 0.1) is 17.8 Å². The maximum Gasteiger partial charge on any atom is 0.494 e. The molecule has 3 rings (SSSR count). The highest BCUT2D eigenvalue weighted by Crippen LogP contribution is 2.36. The first-order chi connectivity index (χ1) is 10.1. The summed E-state index contributed by atoms with van der Waals surface area (Å²) in [4.78, 5) is 0. The highest BCUT2D eigenvalue weighted by atomic mass is 16.7. The fraction of sp³-hybridized carbons (Fsp3) is 0.647. The summed E-state index contributed by atoms with van der Waals surface area (Å²) < 4.78 is 23.6. The molecule has 1 atom stereocenters. The monoisotopic (exact) mass is 304 g/mol. The quantitative estimate of drug-likeness (QED) is 0.804. The molecule has 2 aliphatic rings. The highest BCUT2D eigenvalue weighted by Gasteiger charge is 2.51. The van der Waals surface area contributed by atoms with Gasteiger partial charge in [-0.2, -0.15) is 0 Å². The van der Waals surface area contributed by atoms with E-state index >= 15 is 0 Å². The summed E-state index contributed by atoms with van der Waals surface area (Å²) >= 11 is 0. The lowest BCUT2D eigenvalue weighted by Crippen LogP contribution is -2.56. The molecule has 0 aromatic heterocycles. The van der Waals surface area contributed by atoms with Crippen molar-refractivity contribution in [2.75, 3.05) is 6.61 Å². The van der Waals surface area contributed by atoms with Gasteiger partial charge in [0.25, 0.3) is 0 Å². The molecule has 22 heavy (non-hydrogen) atoms. The molecule has 1 aromatic carbocycles. The maximum atomic E-state index is 6.05. The van der Waals surface area contributed by atoms with Crippen LogP contribution < -0.4 is 10.2 Å². The Labute approximate surface area is 133 Å². The van der Waals surface area contributed by atoms with Crippen LogP contribution in [0.15, 0.2) is 24.3 Å². The molecule has 0 amide bonds. The molecule has 0 aliphatic carbocycles. The van der Waals surface area contributed by atoms with Crippen LogP contribution in [-0.4, -0.2) is 36.6 Å². The van der Waals surface area contributed by atoms with Crippen molar-refractivity contribution in [3.8, 4) is 5.75 Å². The molecule has 2 aliphatic heterocycles. The topological polar surface area (TPSA) is 36.9 Å². The van der Waals surface area contributed by atoms with Crippen LogP contribution in [0.4, 0.5) is 0 Å². The molecule has 2 heterocycles. The van der Waals surface area contributed by atoms with E-state index in [0.29, 0.717) is 6.61 Å². The third-order valence-electron chi connectivity index (χ3n) is 5.07. The summed E-state index contributed by atoms with van der Waals surface area (Å²) in [5, 5.41) is 0. The maximum absolute atomic E-state index is 6.05. The SMILES string of the molecule is CC1(C)OCC1Oc1ccc(B2OC(C)(C)C(C)(C)O2)cc1. The first kappa shape index (κ1) is 15.8. The second-order valence-corrected chi connectivity index (χ2v) is 7.68. The van der Waals surface area contributed by atoms with Crippen LogP contribution in [0, 0.1) is 0 Å². The van der Waals surface area contributed by atoms with E-state index in [4.69, 9.17) is 18.8 Å². The molecule has 0 bridgehead atoms. The van der Waals surface area contributed by atoms with Crippen LogP contribution in [0.3, 0.4) is 0 Å². The van der Waals surface area contributed by atoms with E-state index in [1.807, 2.05) is 38.1 Å². The zero-order valence-electron chi connectivity index (χ0n) is 14.3. The van der Waals surface area contributed by atoms with Gasteiger partial charge in [-0.3, -0.25) is 0 Å². The Kier molecular flexibility index (Phi) is 3.59. The molecular weight excluding hydrogens is 279 g/mol. The number of hydrogen-bond acceptors (Lipinski definition) is 4. The lowest BCUT2D eigenvalue weighted by Gasteiger charge is -2.43. The van der Waals surface area contributed by atoms with Gasteiger partial charge < -0.3 is 18.8 Å². The van der Waals surface area contributed by atoms with E-state index in [0.717, 1.165) is 11.2 Å². The first-order valence-corrected chi connectivity index (χ1v) is 7.87. The van der Waals surface area contributed by atoms with E-state index < -0.39 is 0 Å². The van der Waals surface area contributed by atoms with E-state index in [1.165, 1.54) is 0 Å². The molecule has 0 radical (unpaired) electrons. The Morgan fingerprint density at radius 1 is 0.955 bits per heavy atom. The van der Waals surface area contributed by atoms with Crippen molar-refractivity contribution in [1.29, 1.82) is 0 Å². The molecule has 1 unspecified atom stereocenters. The van der Waals surface area contributed by atoms with E-state index in [1.54, 1.807) is 0 Å². The fourth-order valence-electron chi connectivity index (χ4n) is 2.51. The van der Waals surface area contributed by atoms with Crippen molar-refractivity contribution < 1.29 is 18.8 Å². The average Bonchev–Trinajstić information content (AvgIpc) is 2.64. The largest absolute Gasteiger partial charge is 0.494 e. The summed E-state index contributed by atoms with van der Waals surface area (Å²) in [5.41, 5.74) is 0.167. The number of benzene rings is 1. The number of rotatable bonds is 3. The van der Waals surface area contributed by atoms with Gasteiger partial charge >= 0.3 is 7.12 Å². The zero-order valence-corrected chi connectivity index (χ0v) is 14.3. The molecule has 2 fully saturated rings. The summed E-state index contributed by atoms with van der Waals surface area (Å²) in [5.74, 6) is 0.849. The fourth-order valence-corrected chi connectivity index (χ4v) is 2.51. The van der Waals surface area contributed by atoms with Crippen LogP contribution in [0.1, 0.15) is 41.5 Å². The van der Waals surface area contributed by atoms with Gasteiger partial charge in [0.1, 0.15) is 11.4 Å². The molecule has 0 spiro atoms. The molecule has 1 aromatic rings. The van der Waals surface area contributed by atoms with Crippen LogP contribution in [0.2, 0.25) is 0 Å². The smallest absolute Gasteiger partial charge is 0.485 e. The van der Waals surface area contributed by atoms with Gasteiger partial charge in [-0.1, -0.05) is 12.1 Å². The van der Waals surface area contributed by atoms with Gasteiger partial charge in [-0.25, -0.2) is 0 Å². The Bertz CT molecular complexity index is 534. The molecule has 120 valence electrons. The minimum atomic E-state index is -0.331. The van der Waals surface area contributed by atoms with Crippen LogP contribution in [-0.2, 0) is 14.0 Å². The van der Waals surface area contributed by atoms with Crippen molar-refractivity contribution >= 4 is 12.6 Å². The van der Waals surface area contributed by atoms with Crippen molar-refractivity contribution in [2.24, 2.45) is 0 Å². The number of hydrogen-bond donors (Lipinski definition) is 0. The van der Waals surface area contributed by atoms with Crippen LogP contribution >= 0.6 is 0 Å². The van der Waals surface area contributed by atoms with Gasteiger partial charge in [0.2, 0.25) is 0 Å².